The van der Waals surface area contributed by atoms with E-state index in [-0.39, 0.29) is 0 Å². The van der Waals surface area contributed by atoms with Crippen molar-refractivity contribution in [2.45, 2.75) is 50.6 Å². The molecule has 1 aliphatic heterocycles. The molecule has 1 saturated carbocycles. The molecule has 0 atom stereocenters. The third kappa shape index (κ3) is 2.76. The summed E-state index contributed by atoms with van der Waals surface area (Å²) >= 11 is 0. The van der Waals surface area contributed by atoms with Crippen molar-refractivity contribution in [1.82, 2.24) is 5.32 Å². The van der Waals surface area contributed by atoms with E-state index in [0.717, 1.165) is 25.2 Å². The van der Waals surface area contributed by atoms with E-state index in [4.69, 9.17) is 4.74 Å². The molecule has 2 heteroatoms. The zero-order valence-corrected chi connectivity index (χ0v) is 11.2. The van der Waals surface area contributed by atoms with Crippen molar-refractivity contribution in [2.75, 3.05) is 13.2 Å². The van der Waals surface area contributed by atoms with Crippen molar-refractivity contribution in [3.05, 3.63) is 35.4 Å². The molecule has 3 rings (SSSR count). The van der Waals surface area contributed by atoms with E-state index in [9.17, 15) is 0 Å². The second kappa shape index (κ2) is 5.41. The van der Waals surface area contributed by atoms with Crippen molar-refractivity contribution >= 4 is 0 Å². The third-order valence-electron chi connectivity index (χ3n) is 4.34. The van der Waals surface area contributed by atoms with Gasteiger partial charge in [0.25, 0.3) is 0 Å². The van der Waals surface area contributed by atoms with Gasteiger partial charge in [0.15, 0.2) is 0 Å². The summed E-state index contributed by atoms with van der Waals surface area (Å²) in [5.74, 6) is 0.780. The number of benzene rings is 1. The number of hydrogen-bond acceptors (Lipinski definition) is 2. The Labute approximate surface area is 110 Å². The fraction of sp³-hybridized carbons (Fsp3) is 0.625. The van der Waals surface area contributed by atoms with Crippen LogP contribution in [0, 0.1) is 6.92 Å². The zero-order valence-electron chi connectivity index (χ0n) is 11.2. The Bertz CT molecular complexity index is 392. The molecule has 0 amide bonds. The normalized spacial score (nSPS) is 28.9. The Kier molecular flexibility index (Phi) is 3.67. The lowest BCUT2D eigenvalue weighted by molar-refractivity contribution is 0.0698. The highest BCUT2D eigenvalue weighted by Crippen LogP contribution is 2.37. The van der Waals surface area contributed by atoms with Crippen LogP contribution in [0.5, 0.6) is 0 Å². The zero-order chi connectivity index (χ0) is 12.4. The summed E-state index contributed by atoms with van der Waals surface area (Å²) in [6, 6.07) is 10.4. The Morgan fingerprint density at radius 3 is 2.61 bits per heavy atom. The second-order valence-electron chi connectivity index (χ2n) is 5.83. The molecule has 0 radical (unpaired) electrons. The Hall–Kier alpha value is -0.860. The lowest BCUT2D eigenvalue weighted by Gasteiger charge is -2.39. The minimum absolute atomic E-state index is 0.696. The van der Waals surface area contributed by atoms with E-state index in [1.54, 1.807) is 0 Å². The fourth-order valence-corrected chi connectivity index (χ4v) is 3.15. The van der Waals surface area contributed by atoms with Gasteiger partial charge in [0.05, 0.1) is 0 Å². The maximum absolute atomic E-state index is 5.40. The standard InChI is InChI=1S/C16H23NO/c1-12-3-2-4-13(9-12)14-10-16(11-14)17-15-5-7-18-8-6-15/h2-4,9,14-17H,5-8,10-11H2,1H3. The first kappa shape index (κ1) is 12.2. The van der Waals surface area contributed by atoms with E-state index in [1.165, 1.54) is 36.8 Å². The monoisotopic (exact) mass is 245 g/mol. The first-order valence-corrected chi connectivity index (χ1v) is 7.21. The number of nitrogens with one attached hydrogen (secondary N) is 1. The predicted molar refractivity (Wildman–Crippen MR) is 73.9 cm³/mol. The van der Waals surface area contributed by atoms with Crippen LogP contribution in [-0.4, -0.2) is 25.3 Å². The smallest absolute Gasteiger partial charge is 0.0480 e. The van der Waals surface area contributed by atoms with E-state index >= 15 is 0 Å². The molecular weight excluding hydrogens is 222 g/mol. The van der Waals surface area contributed by atoms with Crippen LogP contribution in [0.1, 0.15) is 42.7 Å². The largest absolute Gasteiger partial charge is 0.381 e. The van der Waals surface area contributed by atoms with Gasteiger partial charge in [-0.05, 0) is 44.1 Å². The fourth-order valence-electron chi connectivity index (χ4n) is 3.15. The van der Waals surface area contributed by atoms with Crippen molar-refractivity contribution < 1.29 is 4.74 Å². The average molecular weight is 245 g/mol. The maximum Gasteiger partial charge on any atom is 0.0480 e. The van der Waals surface area contributed by atoms with Crippen molar-refractivity contribution in [2.24, 2.45) is 0 Å². The van der Waals surface area contributed by atoms with Crippen LogP contribution >= 0.6 is 0 Å². The quantitative estimate of drug-likeness (QED) is 0.884. The van der Waals surface area contributed by atoms with Crippen LogP contribution in [0.15, 0.2) is 24.3 Å². The lowest BCUT2D eigenvalue weighted by Crippen LogP contribution is -2.47. The van der Waals surface area contributed by atoms with Gasteiger partial charge in [-0.2, -0.15) is 0 Å². The number of aryl methyl sites for hydroxylation is 1. The molecule has 1 N–H and O–H groups in total. The molecule has 2 fully saturated rings. The Morgan fingerprint density at radius 2 is 1.89 bits per heavy atom. The molecule has 98 valence electrons. The van der Waals surface area contributed by atoms with E-state index < -0.39 is 0 Å². The molecule has 1 aromatic carbocycles. The van der Waals surface area contributed by atoms with E-state index in [2.05, 4.69) is 36.5 Å². The lowest BCUT2D eigenvalue weighted by atomic mass is 9.75. The van der Waals surface area contributed by atoms with Crippen LogP contribution in [0.3, 0.4) is 0 Å². The van der Waals surface area contributed by atoms with Gasteiger partial charge in [-0.3, -0.25) is 0 Å². The molecule has 0 unspecified atom stereocenters. The Balaban J connectivity index is 1.48. The molecule has 0 aromatic heterocycles. The van der Waals surface area contributed by atoms with Gasteiger partial charge in [0, 0.05) is 25.3 Å². The minimum Gasteiger partial charge on any atom is -0.381 e. The summed E-state index contributed by atoms with van der Waals surface area (Å²) < 4.78 is 5.40. The first-order chi connectivity index (χ1) is 8.81. The van der Waals surface area contributed by atoms with Gasteiger partial charge in [-0.25, -0.2) is 0 Å². The van der Waals surface area contributed by atoms with Gasteiger partial charge in [0.2, 0.25) is 0 Å². The summed E-state index contributed by atoms with van der Waals surface area (Å²) in [7, 11) is 0. The molecule has 1 aromatic rings. The SMILES string of the molecule is Cc1cccc(C2CC(NC3CCOCC3)C2)c1. The topological polar surface area (TPSA) is 21.3 Å². The summed E-state index contributed by atoms with van der Waals surface area (Å²) in [6.07, 6.45) is 4.98. The first-order valence-electron chi connectivity index (χ1n) is 7.21. The van der Waals surface area contributed by atoms with Crippen molar-refractivity contribution in [1.29, 1.82) is 0 Å². The van der Waals surface area contributed by atoms with Crippen LogP contribution in [-0.2, 0) is 4.74 Å². The summed E-state index contributed by atoms with van der Waals surface area (Å²) in [6.45, 7) is 4.05. The maximum atomic E-state index is 5.40. The Morgan fingerprint density at radius 1 is 1.11 bits per heavy atom. The van der Waals surface area contributed by atoms with E-state index in [0.29, 0.717) is 6.04 Å². The average Bonchev–Trinajstić information content (AvgIpc) is 2.34. The third-order valence-corrected chi connectivity index (χ3v) is 4.34. The molecule has 1 aliphatic carbocycles. The summed E-state index contributed by atoms with van der Waals surface area (Å²) in [5, 5.41) is 3.79. The number of hydrogen-bond donors (Lipinski definition) is 1. The molecule has 0 bridgehead atoms. The highest BCUT2D eigenvalue weighted by atomic mass is 16.5. The molecule has 18 heavy (non-hydrogen) atoms. The van der Waals surface area contributed by atoms with Gasteiger partial charge in [0.1, 0.15) is 0 Å². The predicted octanol–water partition coefficient (Wildman–Crippen LogP) is 3.01. The summed E-state index contributed by atoms with van der Waals surface area (Å²) in [5.41, 5.74) is 2.91. The second-order valence-corrected chi connectivity index (χ2v) is 5.83. The molecular formula is C16H23NO. The van der Waals surface area contributed by atoms with Gasteiger partial charge >= 0.3 is 0 Å². The van der Waals surface area contributed by atoms with Gasteiger partial charge in [-0.15, -0.1) is 0 Å². The summed E-state index contributed by atoms with van der Waals surface area (Å²) in [4.78, 5) is 0. The van der Waals surface area contributed by atoms with E-state index in [1.807, 2.05) is 0 Å². The van der Waals surface area contributed by atoms with Crippen LogP contribution in [0.2, 0.25) is 0 Å². The molecule has 0 spiro atoms. The molecule has 2 nitrogen and oxygen atoms in total. The molecule has 2 aliphatic rings. The molecule has 1 heterocycles. The van der Waals surface area contributed by atoms with Crippen molar-refractivity contribution in [3.63, 3.8) is 0 Å². The van der Waals surface area contributed by atoms with Crippen molar-refractivity contribution in [3.8, 4) is 0 Å². The minimum atomic E-state index is 0.696. The van der Waals surface area contributed by atoms with Gasteiger partial charge in [-0.1, -0.05) is 29.8 Å². The number of ether oxygens (including phenoxy) is 1. The number of rotatable bonds is 3. The molecule has 1 saturated heterocycles. The highest BCUT2D eigenvalue weighted by molar-refractivity contribution is 5.27. The van der Waals surface area contributed by atoms with Gasteiger partial charge < -0.3 is 10.1 Å². The van der Waals surface area contributed by atoms with Crippen LogP contribution in [0.4, 0.5) is 0 Å². The van der Waals surface area contributed by atoms with Crippen LogP contribution < -0.4 is 5.32 Å². The highest BCUT2D eigenvalue weighted by Gasteiger charge is 2.31. The van der Waals surface area contributed by atoms with Crippen LogP contribution in [0.25, 0.3) is 0 Å².